The zero-order valence-corrected chi connectivity index (χ0v) is 8.99. The van der Waals surface area contributed by atoms with Crippen molar-refractivity contribution < 1.29 is 9.90 Å². The third-order valence-corrected chi connectivity index (χ3v) is 4.04. The molecule has 1 saturated carbocycles. The van der Waals surface area contributed by atoms with Crippen molar-refractivity contribution in [3.05, 3.63) is 0 Å². The highest BCUT2D eigenvalue weighted by Gasteiger charge is 2.47. The maximum Gasteiger partial charge on any atom is 0.303 e. The third kappa shape index (κ3) is 1.78. The SMILES string of the molecule is CC(N1CC(CC(=O)O)C1)C1(C)CC1. The van der Waals surface area contributed by atoms with Gasteiger partial charge in [-0.05, 0) is 31.1 Å². The minimum Gasteiger partial charge on any atom is -0.481 e. The molecule has 0 spiro atoms. The minimum absolute atomic E-state index is 0.347. The molecular formula is C11H19NO2. The van der Waals surface area contributed by atoms with Crippen molar-refractivity contribution in [2.75, 3.05) is 13.1 Å². The summed E-state index contributed by atoms with van der Waals surface area (Å²) in [6.07, 6.45) is 3.03. The fraction of sp³-hybridized carbons (Fsp3) is 0.909. The summed E-state index contributed by atoms with van der Waals surface area (Å²) in [5.74, 6) is -0.253. The molecule has 14 heavy (non-hydrogen) atoms. The van der Waals surface area contributed by atoms with Gasteiger partial charge in [-0.1, -0.05) is 6.92 Å². The van der Waals surface area contributed by atoms with E-state index >= 15 is 0 Å². The molecule has 2 rings (SSSR count). The maximum atomic E-state index is 10.5. The van der Waals surface area contributed by atoms with Crippen LogP contribution in [0.2, 0.25) is 0 Å². The Morgan fingerprint density at radius 1 is 1.57 bits per heavy atom. The molecule has 1 heterocycles. The molecular weight excluding hydrogens is 178 g/mol. The Balaban J connectivity index is 1.74. The molecule has 1 aliphatic heterocycles. The summed E-state index contributed by atoms with van der Waals surface area (Å²) in [6, 6.07) is 0.646. The first-order valence-corrected chi connectivity index (χ1v) is 5.47. The predicted octanol–water partition coefficient (Wildman–Crippen LogP) is 1.58. The molecule has 2 fully saturated rings. The number of hydrogen-bond donors (Lipinski definition) is 1. The van der Waals surface area contributed by atoms with Crippen molar-refractivity contribution in [2.45, 2.75) is 39.2 Å². The van der Waals surface area contributed by atoms with Crippen LogP contribution in [0.3, 0.4) is 0 Å². The van der Waals surface area contributed by atoms with Gasteiger partial charge in [-0.25, -0.2) is 0 Å². The van der Waals surface area contributed by atoms with Gasteiger partial charge in [-0.15, -0.1) is 0 Å². The van der Waals surface area contributed by atoms with E-state index < -0.39 is 5.97 Å². The summed E-state index contributed by atoms with van der Waals surface area (Å²) in [5.41, 5.74) is 0.536. The largest absolute Gasteiger partial charge is 0.481 e. The Hall–Kier alpha value is -0.570. The average molecular weight is 197 g/mol. The van der Waals surface area contributed by atoms with E-state index in [2.05, 4.69) is 18.7 Å². The lowest BCUT2D eigenvalue weighted by Crippen LogP contribution is -2.54. The Bertz CT molecular complexity index is 242. The summed E-state index contributed by atoms with van der Waals surface area (Å²) in [5, 5.41) is 8.63. The van der Waals surface area contributed by atoms with Crippen molar-refractivity contribution in [3.63, 3.8) is 0 Å². The maximum absolute atomic E-state index is 10.5. The van der Waals surface area contributed by atoms with Crippen LogP contribution >= 0.6 is 0 Å². The van der Waals surface area contributed by atoms with E-state index in [9.17, 15) is 4.79 Å². The number of rotatable bonds is 4. The Morgan fingerprint density at radius 2 is 2.14 bits per heavy atom. The van der Waals surface area contributed by atoms with E-state index in [4.69, 9.17) is 5.11 Å². The van der Waals surface area contributed by atoms with E-state index in [-0.39, 0.29) is 0 Å². The zero-order valence-electron chi connectivity index (χ0n) is 8.99. The topological polar surface area (TPSA) is 40.5 Å². The van der Waals surface area contributed by atoms with Crippen LogP contribution in [0.5, 0.6) is 0 Å². The average Bonchev–Trinajstić information content (AvgIpc) is 2.75. The van der Waals surface area contributed by atoms with Gasteiger partial charge in [-0.3, -0.25) is 9.69 Å². The van der Waals surface area contributed by atoms with Crippen molar-refractivity contribution in [1.29, 1.82) is 0 Å². The normalized spacial score (nSPS) is 28.1. The first-order valence-electron chi connectivity index (χ1n) is 5.47. The molecule has 1 saturated heterocycles. The van der Waals surface area contributed by atoms with E-state index in [1.165, 1.54) is 12.8 Å². The Labute approximate surface area is 85.1 Å². The lowest BCUT2D eigenvalue weighted by atomic mass is 9.89. The van der Waals surface area contributed by atoms with Gasteiger partial charge in [0.25, 0.3) is 0 Å². The molecule has 0 amide bonds. The zero-order chi connectivity index (χ0) is 10.3. The van der Waals surface area contributed by atoms with Crippen molar-refractivity contribution in [2.24, 2.45) is 11.3 Å². The summed E-state index contributed by atoms with van der Waals surface area (Å²) in [4.78, 5) is 12.9. The minimum atomic E-state index is -0.653. The molecule has 1 atom stereocenters. The number of hydrogen-bond acceptors (Lipinski definition) is 2. The van der Waals surface area contributed by atoms with Gasteiger partial charge in [-0.2, -0.15) is 0 Å². The molecule has 0 aromatic heterocycles. The van der Waals surface area contributed by atoms with E-state index in [0.29, 0.717) is 23.8 Å². The van der Waals surface area contributed by atoms with E-state index in [1.54, 1.807) is 0 Å². The molecule has 0 aromatic rings. The summed E-state index contributed by atoms with van der Waals surface area (Å²) < 4.78 is 0. The van der Waals surface area contributed by atoms with Crippen molar-refractivity contribution in [3.8, 4) is 0 Å². The Kier molecular flexibility index (Phi) is 2.30. The van der Waals surface area contributed by atoms with Gasteiger partial charge in [0, 0.05) is 19.1 Å². The highest BCUT2D eigenvalue weighted by molar-refractivity contribution is 5.67. The van der Waals surface area contributed by atoms with Gasteiger partial charge >= 0.3 is 5.97 Å². The van der Waals surface area contributed by atoms with Crippen LogP contribution in [0, 0.1) is 11.3 Å². The van der Waals surface area contributed by atoms with Gasteiger partial charge in [0.15, 0.2) is 0 Å². The monoisotopic (exact) mass is 197 g/mol. The second-order valence-corrected chi connectivity index (χ2v) is 5.25. The standard InChI is InChI=1S/C11H19NO2/c1-8(11(2)3-4-11)12-6-9(7-12)5-10(13)14/h8-9H,3-7H2,1-2H3,(H,13,14). The molecule has 1 aliphatic carbocycles. The summed E-state index contributed by atoms with van der Waals surface area (Å²) >= 11 is 0. The smallest absolute Gasteiger partial charge is 0.303 e. The molecule has 0 aromatic carbocycles. The third-order valence-electron chi connectivity index (χ3n) is 4.04. The second kappa shape index (κ2) is 3.23. The highest BCUT2D eigenvalue weighted by Crippen LogP contribution is 2.50. The molecule has 1 N–H and O–H groups in total. The number of likely N-dealkylation sites (tertiary alicyclic amines) is 1. The lowest BCUT2D eigenvalue weighted by Gasteiger charge is -2.45. The van der Waals surface area contributed by atoms with E-state index in [1.807, 2.05) is 0 Å². The van der Waals surface area contributed by atoms with Crippen LogP contribution < -0.4 is 0 Å². The van der Waals surface area contributed by atoms with Crippen molar-refractivity contribution >= 4 is 5.97 Å². The number of carboxylic acids is 1. The molecule has 3 heteroatoms. The highest BCUT2D eigenvalue weighted by atomic mass is 16.4. The van der Waals surface area contributed by atoms with Gasteiger partial charge < -0.3 is 5.11 Å². The molecule has 80 valence electrons. The van der Waals surface area contributed by atoms with Crippen LogP contribution in [-0.4, -0.2) is 35.1 Å². The van der Waals surface area contributed by atoms with Gasteiger partial charge in [0.1, 0.15) is 0 Å². The van der Waals surface area contributed by atoms with Gasteiger partial charge in [0.05, 0.1) is 6.42 Å². The molecule has 1 unspecified atom stereocenters. The molecule has 0 radical (unpaired) electrons. The number of nitrogens with zero attached hydrogens (tertiary/aromatic N) is 1. The fourth-order valence-electron chi connectivity index (χ4n) is 2.36. The predicted molar refractivity (Wildman–Crippen MR) is 54.1 cm³/mol. The molecule has 3 nitrogen and oxygen atoms in total. The first kappa shape index (κ1) is 9.97. The number of carbonyl (C=O) groups is 1. The van der Waals surface area contributed by atoms with Crippen LogP contribution in [0.1, 0.15) is 33.1 Å². The van der Waals surface area contributed by atoms with Crippen LogP contribution in [-0.2, 0) is 4.79 Å². The molecule has 2 aliphatic rings. The van der Waals surface area contributed by atoms with Gasteiger partial charge in [0.2, 0.25) is 0 Å². The van der Waals surface area contributed by atoms with Crippen molar-refractivity contribution in [1.82, 2.24) is 4.90 Å². The Morgan fingerprint density at radius 3 is 2.57 bits per heavy atom. The number of carboxylic acid groups (broad SMARTS) is 1. The summed E-state index contributed by atoms with van der Waals surface area (Å²) in [7, 11) is 0. The first-order chi connectivity index (χ1) is 6.51. The van der Waals surface area contributed by atoms with Crippen LogP contribution in [0.4, 0.5) is 0 Å². The van der Waals surface area contributed by atoms with Crippen LogP contribution in [0.15, 0.2) is 0 Å². The second-order valence-electron chi connectivity index (χ2n) is 5.25. The number of aliphatic carboxylic acids is 1. The van der Waals surface area contributed by atoms with Crippen LogP contribution in [0.25, 0.3) is 0 Å². The fourth-order valence-corrected chi connectivity index (χ4v) is 2.36. The molecule has 0 bridgehead atoms. The van der Waals surface area contributed by atoms with E-state index in [0.717, 1.165) is 13.1 Å². The summed E-state index contributed by atoms with van der Waals surface area (Å²) in [6.45, 7) is 6.60. The lowest BCUT2D eigenvalue weighted by molar-refractivity contribution is -0.140. The quantitative estimate of drug-likeness (QED) is 0.744.